The summed E-state index contributed by atoms with van der Waals surface area (Å²) in [5, 5.41) is 2.95. The molecule has 0 bridgehead atoms. The van der Waals surface area contributed by atoms with Gasteiger partial charge in [0.1, 0.15) is 0 Å². The van der Waals surface area contributed by atoms with Gasteiger partial charge in [-0.3, -0.25) is 19.6 Å². The maximum absolute atomic E-state index is 12.1. The first-order valence-corrected chi connectivity index (χ1v) is 10.2. The van der Waals surface area contributed by atoms with Crippen molar-refractivity contribution in [3.05, 3.63) is 59.9 Å². The molecular formula is C20H26N4OS. The summed E-state index contributed by atoms with van der Waals surface area (Å²) < 4.78 is 0. The quantitative estimate of drug-likeness (QED) is 0.758. The van der Waals surface area contributed by atoms with Crippen molar-refractivity contribution in [2.24, 2.45) is 0 Å². The van der Waals surface area contributed by atoms with Crippen molar-refractivity contribution in [2.45, 2.75) is 18.0 Å². The lowest BCUT2D eigenvalue weighted by Crippen LogP contribution is -2.49. The van der Waals surface area contributed by atoms with Crippen LogP contribution in [-0.4, -0.2) is 59.7 Å². The Morgan fingerprint density at radius 2 is 1.81 bits per heavy atom. The number of aromatic nitrogens is 1. The average molecular weight is 371 g/mol. The van der Waals surface area contributed by atoms with Crippen LogP contribution < -0.4 is 5.32 Å². The molecule has 3 rings (SSSR count). The summed E-state index contributed by atoms with van der Waals surface area (Å²) in [5.41, 5.74) is 2.24. The lowest BCUT2D eigenvalue weighted by atomic mass is 10.2. The van der Waals surface area contributed by atoms with Crippen molar-refractivity contribution in [2.75, 3.05) is 39.0 Å². The van der Waals surface area contributed by atoms with E-state index in [0.29, 0.717) is 13.1 Å². The Kier molecular flexibility index (Phi) is 7.05. The van der Waals surface area contributed by atoms with Crippen LogP contribution in [0.1, 0.15) is 11.3 Å². The highest BCUT2D eigenvalue weighted by molar-refractivity contribution is 7.98. The molecule has 138 valence electrons. The molecule has 0 spiro atoms. The Labute approximate surface area is 159 Å². The van der Waals surface area contributed by atoms with Gasteiger partial charge in [-0.05, 0) is 36.1 Å². The van der Waals surface area contributed by atoms with Crippen molar-refractivity contribution in [3.63, 3.8) is 0 Å². The zero-order chi connectivity index (χ0) is 18.2. The number of carbonyl (C=O) groups is 1. The average Bonchev–Trinajstić information content (AvgIpc) is 2.69. The van der Waals surface area contributed by atoms with E-state index in [1.54, 1.807) is 18.0 Å². The summed E-state index contributed by atoms with van der Waals surface area (Å²) in [6.07, 6.45) is 3.84. The van der Waals surface area contributed by atoms with E-state index in [4.69, 9.17) is 0 Å². The van der Waals surface area contributed by atoms with Gasteiger partial charge in [0.05, 0.1) is 18.8 Å². The molecule has 1 fully saturated rings. The molecule has 0 saturated carbocycles. The second kappa shape index (κ2) is 9.71. The van der Waals surface area contributed by atoms with Gasteiger partial charge >= 0.3 is 0 Å². The number of rotatable bonds is 7. The van der Waals surface area contributed by atoms with Crippen molar-refractivity contribution in [1.29, 1.82) is 0 Å². The SMILES string of the molecule is CSc1ccc(CN2CCN(CC(=O)NCc3ccccn3)CC2)cc1. The number of pyridine rings is 1. The predicted molar refractivity (Wildman–Crippen MR) is 106 cm³/mol. The van der Waals surface area contributed by atoms with Crippen molar-refractivity contribution in [3.8, 4) is 0 Å². The van der Waals surface area contributed by atoms with Gasteiger partial charge in [0.2, 0.25) is 5.91 Å². The molecule has 1 aliphatic rings. The van der Waals surface area contributed by atoms with Crippen LogP contribution in [0.25, 0.3) is 0 Å². The van der Waals surface area contributed by atoms with Crippen molar-refractivity contribution < 1.29 is 4.79 Å². The highest BCUT2D eigenvalue weighted by atomic mass is 32.2. The molecule has 0 radical (unpaired) electrons. The summed E-state index contributed by atoms with van der Waals surface area (Å²) >= 11 is 1.77. The Morgan fingerprint density at radius 3 is 2.46 bits per heavy atom. The van der Waals surface area contributed by atoms with Gasteiger partial charge in [0.15, 0.2) is 0 Å². The van der Waals surface area contributed by atoms with Crippen LogP contribution in [-0.2, 0) is 17.9 Å². The molecule has 2 heterocycles. The van der Waals surface area contributed by atoms with E-state index in [1.807, 2.05) is 18.2 Å². The minimum absolute atomic E-state index is 0.0664. The number of carbonyl (C=O) groups excluding carboxylic acids is 1. The first-order valence-electron chi connectivity index (χ1n) is 8.97. The smallest absolute Gasteiger partial charge is 0.234 e. The summed E-state index contributed by atoms with van der Waals surface area (Å²) in [6, 6.07) is 14.5. The highest BCUT2D eigenvalue weighted by Crippen LogP contribution is 2.16. The summed E-state index contributed by atoms with van der Waals surface area (Å²) in [5.74, 6) is 0.0664. The highest BCUT2D eigenvalue weighted by Gasteiger charge is 2.19. The van der Waals surface area contributed by atoms with Crippen LogP contribution in [0.3, 0.4) is 0 Å². The second-order valence-electron chi connectivity index (χ2n) is 6.50. The van der Waals surface area contributed by atoms with Gasteiger partial charge in [-0.25, -0.2) is 0 Å². The zero-order valence-electron chi connectivity index (χ0n) is 15.2. The molecule has 1 N–H and O–H groups in total. The van der Waals surface area contributed by atoms with E-state index in [1.165, 1.54) is 10.5 Å². The lowest BCUT2D eigenvalue weighted by molar-refractivity contribution is -0.122. The standard InChI is InChI=1S/C20H26N4OS/c1-26-19-7-5-17(6-8-19)15-23-10-12-24(13-11-23)16-20(25)22-14-18-4-2-3-9-21-18/h2-9H,10-16H2,1H3,(H,22,25). The van der Waals surface area contributed by atoms with Gasteiger partial charge in [-0.1, -0.05) is 18.2 Å². The number of thioether (sulfide) groups is 1. The number of hydrogen-bond acceptors (Lipinski definition) is 5. The van der Waals surface area contributed by atoms with Gasteiger partial charge in [0, 0.05) is 43.8 Å². The molecule has 5 nitrogen and oxygen atoms in total. The van der Waals surface area contributed by atoms with E-state index < -0.39 is 0 Å². The minimum Gasteiger partial charge on any atom is -0.349 e. The Balaban J connectivity index is 1.37. The normalized spacial score (nSPS) is 15.7. The molecule has 1 aromatic carbocycles. The van der Waals surface area contributed by atoms with Crippen LogP contribution in [0, 0.1) is 0 Å². The lowest BCUT2D eigenvalue weighted by Gasteiger charge is -2.34. The zero-order valence-corrected chi connectivity index (χ0v) is 16.0. The number of nitrogens with one attached hydrogen (secondary N) is 1. The number of amides is 1. The monoisotopic (exact) mass is 370 g/mol. The number of hydrogen-bond donors (Lipinski definition) is 1. The molecular weight excluding hydrogens is 344 g/mol. The first-order chi connectivity index (χ1) is 12.7. The van der Waals surface area contributed by atoms with Crippen LogP contribution >= 0.6 is 11.8 Å². The molecule has 1 saturated heterocycles. The maximum atomic E-state index is 12.1. The molecule has 1 amide bonds. The van der Waals surface area contributed by atoms with Gasteiger partial charge in [-0.2, -0.15) is 0 Å². The van der Waals surface area contributed by atoms with Crippen LogP contribution in [0.15, 0.2) is 53.6 Å². The maximum Gasteiger partial charge on any atom is 0.234 e. The minimum atomic E-state index is 0.0664. The van der Waals surface area contributed by atoms with Crippen molar-refractivity contribution in [1.82, 2.24) is 20.1 Å². The van der Waals surface area contributed by atoms with Crippen LogP contribution in [0.5, 0.6) is 0 Å². The van der Waals surface area contributed by atoms with E-state index in [9.17, 15) is 4.79 Å². The summed E-state index contributed by atoms with van der Waals surface area (Å²) in [6.45, 7) is 5.79. The largest absolute Gasteiger partial charge is 0.349 e. The van der Waals surface area contributed by atoms with Gasteiger partial charge < -0.3 is 5.32 Å². The predicted octanol–water partition coefficient (Wildman–Crippen LogP) is 2.24. The summed E-state index contributed by atoms with van der Waals surface area (Å²) in [4.78, 5) is 22.3. The topological polar surface area (TPSA) is 48.5 Å². The van der Waals surface area contributed by atoms with Crippen LogP contribution in [0.4, 0.5) is 0 Å². The molecule has 1 aliphatic heterocycles. The number of nitrogens with zero attached hydrogens (tertiary/aromatic N) is 3. The first kappa shape index (κ1) is 18.9. The Bertz CT molecular complexity index is 685. The molecule has 26 heavy (non-hydrogen) atoms. The van der Waals surface area contributed by atoms with E-state index in [2.05, 4.69) is 50.6 Å². The van der Waals surface area contributed by atoms with E-state index in [-0.39, 0.29) is 5.91 Å². The molecule has 0 unspecified atom stereocenters. The van der Waals surface area contributed by atoms with Gasteiger partial charge in [-0.15, -0.1) is 11.8 Å². The molecule has 0 atom stereocenters. The second-order valence-corrected chi connectivity index (χ2v) is 7.38. The molecule has 1 aromatic heterocycles. The van der Waals surface area contributed by atoms with Gasteiger partial charge in [0.25, 0.3) is 0 Å². The third-order valence-corrected chi connectivity index (χ3v) is 5.33. The summed E-state index contributed by atoms with van der Waals surface area (Å²) in [7, 11) is 0. The van der Waals surface area contributed by atoms with Crippen LogP contribution in [0.2, 0.25) is 0 Å². The fourth-order valence-electron chi connectivity index (χ4n) is 3.05. The third kappa shape index (κ3) is 5.83. The molecule has 6 heteroatoms. The van der Waals surface area contributed by atoms with E-state index >= 15 is 0 Å². The van der Waals surface area contributed by atoms with E-state index in [0.717, 1.165) is 38.4 Å². The molecule has 0 aliphatic carbocycles. The number of benzene rings is 1. The Morgan fingerprint density at radius 1 is 1.08 bits per heavy atom. The van der Waals surface area contributed by atoms with Crippen molar-refractivity contribution >= 4 is 17.7 Å². The fourth-order valence-corrected chi connectivity index (χ4v) is 3.45. The number of piperazine rings is 1. The third-order valence-electron chi connectivity index (χ3n) is 4.59. The molecule has 2 aromatic rings. The fraction of sp³-hybridized carbons (Fsp3) is 0.400. The Hall–Kier alpha value is -1.89.